The van der Waals surface area contributed by atoms with E-state index in [1.54, 1.807) is 11.3 Å². The molecular weight excluding hydrogens is 476 g/mol. The molecule has 0 unspecified atom stereocenters. The van der Waals surface area contributed by atoms with E-state index in [1.807, 2.05) is 10.8 Å². The highest BCUT2D eigenvalue weighted by molar-refractivity contribution is 9.10. The van der Waals surface area contributed by atoms with Gasteiger partial charge in [0, 0.05) is 25.1 Å². The third kappa shape index (κ3) is 4.16. The Balaban J connectivity index is 1.62. The number of hydrogen-bond acceptors (Lipinski definition) is 3. The van der Waals surface area contributed by atoms with Gasteiger partial charge in [-0.1, -0.05) is 56.1 Å². The molecule has 0 spiro atoms. The summed E-state index contributed by atoms with van der Waals surface area (Å²) in [7, 11) is 0. The molecule has 1 aromatic heterocycles. The van der Waals surface area contributed by atoms with Crippen molar-refractivity contribution in [2.24, 2.45) is 5.41 Å². The fraction of sp³-hybridized carbons (Fsp3) is 0.238. The first kappa shape index (κ1) is 18.1. The Kier molecular flexibility index (Phi) is 5.39. The molecule has 134 valence electrons. The summed E-state index contributed by atoms with van der Waals surface area (Å²) in [5, 5.41) is 4.04. The van der Waals surface area contributed by atoms with Gasteiger partial charge in [-0.15, -0.1) is 11.3 Å². The van der Waals surface area contributed by atoms with Crippen molar-refractivity contribution in [3.8, 4) is 11.5 Å². The normalized spacial score (nSPS) is 15.5. The van der Waals surface area contributed by atoms with Crippen molar-refractivity contribution in [3.63, 3.8) is 0 Å². The molecule has 3 aromatic rings. The maximum Gasteiger partial charge on any atom is 0.171 e. The van der Waals surface area contributed by atoms with Crippen LogP contribution in [0.5, 0.6) is 11.5 Å². The Labute approximate surface area is 174 Å². The van der Waals surface area contributed by atoms with Crippen LogP contribution >= 0.6 is 43.2 Å². The molecule has 2 aromatic carbocycles. The zero-order valence-corrected chi connectivity index (χ0v) is 18.1. The molecule has 0 bridgehead atoms. The van der Waals surface area contributed by atoms with Crippen LogP contribution in [0.4, 0.5) is 0 Å². The molecule has 0 amide bonds. The molecule has 0 atom stereocenters. The summed E-state index contributed by atoms with van der Waals surface area (Å²) in [6.45, 7) is 1.28. The summed E-state index contributed by atoms with van der Waals surface area (Å²) in [5.74, 6) is 1.73. The quantitative estimate of drug-likeness (QED) is 0.412. The van der Waals surface area contributed by atoms with Crippen LogP contribution in [0.1, 0.15) is 11.1 Å². The summed E-state index contributed by atoms with van der Waals surface area (Å²) >= 11 is 8.65. The molecule has 1 aliphatic heterocycles. The van der Waals surface area contributed by atoms with Crippen molar-refractivity contribution in [2.45, 2.75) is 12.8 Å². The molecule has 0 saturated carbocycles. The van der Waals surface area contributed by atoms with Gasteiger partial charge in [-0.2, -0.15) is 0 Å². The molecule has 0 saturated heterocycles. The van der Waals surface area contributed by atoms with Gasteiger partial charge in [0.15, 0.2) is 11.5 Å². The van der Waals surface area contributed by atoms with E-state index in [1.165, 1.54) is 11.1 Å². The Bertz CT molecular complexity index is 800. The van der Waals surface area contributed by atoms with Gasteiger partial charge in [0.1, 0.15) is 0 Å². The van der Waals surface area contributed by atoms with E-state index in [0.29, 0.717) is 13.2 Å². The smallest absolute Gasteiger partial charge is 0.171 e. The van der Waals surface area contributed by atoms with E-state index in [9.17, 15) is 0 Å². The highest BCUT2D eigenvalue weighted by Crippen LogP contribution is 2.39. The van der Waals surface area contributed by atoms with Gasteiger partial charge in [-0.25, -0.2) is 0 Å². The van der Waals surface area contributed by atoms with Crippen molar-refractivity contribution >= 4 is 43.2 Å². The Hall–Kier alpha value is -1.30. The lowest BCUT2D eigenvalue weighted by Gasteiger charge is -2.31. The Morgan fingerprint density at radius 2 is 1.15 bits per heavy atom. The minimum absolute atomic E-state index is 0.113. The average molecular weight is 494 g/mol. The first-order chi connectivity index (χ1) is 12.6. The second kappa shape index (κ2) is 7.75. The molecular formula is C21H18Br2O2S. The third-order valence-electron chi connectivity index (χ3n) is 4.65. The topological polar surface area (TPSA) is 18.5 Å². The summed E-state index contributed by atoms with van der Waals surface area (Å²) in [6, 6.07) is 17.1. The lowest BCUT2D eigenvalue weighted by Crippen LogP contribution is -2.38. The van der Waals surface area contributed by atoms with Crippen molar-refractivity contribution < 1.29 is 9.47 Å². The van der Waals surface area contributed by atoms with Crippen molar-refractivity contribution in [1.29, 1.82) is 0 Å². The zero-order valence-electron chi connectivity index (χ0n) is 14.1. The van der Waals surface area contributed by atoms with Gasteiger partial charge in [0.05, 0.1) is 13.2 Å². The number of fused-ring (bicyclic) bond motifs is 1. The van der Waals surface area contributed by atoms with Crippen LogP contribution in [0.3, 0.4) is 0 Å². The van der Waals surface area contributed by atoms with Crippen LogP contribution in [-0.4, -0.2) is 13.2 Å². The third-order valence-corrected chi connectivity index (χ3v) is 6.40. The lowest BCUT2D eigenvalue weighted by atomic mass is 9.77. The van der Waals surface area contributed by atoms with Crippen molar-refractivity contribution in [2.75, 3.05) is 13.2 Å². The molecule has 1 aliphatic rings. The van der Waals surface area contributed by atoms with Crippen molar-refractivity contribution in [3.05, 3.63) is 79.4 Å². The van der Waals surface area contributed by atoms with Crippen LogP contribution in [0, 0.1) is 5.41 Å². The minimum atomic E-state index is -0.113. The molecule has 4 rings (SSSR count). The van der Waals surface area contributed by atoms with Gasteiger partial charge in [0.2, 0.25) is 0 Å². The maximum absolute atomic E-state index is 6.16. The Morgan fingerprint density at radius 1 is 0.731 bits per heavy atom. The molecule has 26 heavy (non-hydrogen) atoms. The summed E-state index contributed by atoms with van der Waals surface area (Å²) in [6.07, 6.45) is 1.81. The van der Waals surface area contributed by atoms with Crippen LogP contribution in [0.2, 0.25) is 0 Å². The number of thiophene rings is 1. The number of rotatable bonds is 4. The fourth-order valence-corrected chi connectivity index (χ4v) is 4.54. The predicted molar refractivity (Wildman–Crippen MR) is 113 cm³/mol. The average Bonchev–Trinajstić information content (AvgIpc) is 3.03. The number of benzene rings is 2. The van der Waals surface area contributed by atoms with E-state index in [2.05, 4.69) is 80.4 Å². The number of halogens is 2. The van der Waals surface area contributed by atoms with E-state index < -0.39 is 0 Å². The molecule has 0 radical (unpaired) electrons. The standard InChI is InChI=1S/C21H18Br2O2S/c22-17-5-1-15(2-6-17)9-21(10-16-3-7-18(23)8-4-16)13-24-19-11-26-12-20(19)25-14-21/h1-8,11-12H,9-10,13-14H2. The zero-order chi connectivity index (χ0) is 18.0. The van der Waals surface area contributed by atoms with E-state index in [-0.39, 0.29) is 5.41 Å². The summed E-state index contributed by atoms with van der Waals surface area (Å²) in [5.41, 5.74) is 2.47. The summed E-state index contributed by atoms with van der Waals surface area (Å²) < 4.78 is 14.5. The van der Waals surface area contributed by atoms with Crippen LogP contribution in [0.15, 0.2) is 68.2 Å². The molecule has 2 nitrogen and oxygen atoms in total. The predicted octanol–water partition coefficient (Wildman–Crippen LogP) is 6.52. The van der Waals surface area contributed by atoms with Crippen LogP contribution in [-0.2, 0) is 12.8 Å². The maximum atomic E-state index is 6.16. The first-order valence-electron chi connectivity index (χ1n) is 8.43. The summed E-state index contributed by atoms with van der Waals surface area (Å²) in [4.78, 5) is 0. The molecule has 2 heterocycles. The van der Waals surface area contributed by atoms with Crippen molar-refractivity contribution in [1.82, 2.24) is 0 Å². The van der Waals surface area contributed by atoms with Gasteiger partial charge >= 0.3 is 0 Å². The second-order valence-corrected chi connectivity index (χ2v) is 9.36. The molecule has 0 aliphatic carbocycles. The first-order valence-corrected chi connectivity index (χ1v) is 11.0. The van der Waals surface area contributed by atoms with E-state index in [0.717, 1.165) is 33.3 Å². The Morgan fingerprint density at radius 3 is 1.58 bits per heavy atom. The van der Waals surface area contributed by atoms with E-state index >= 15 is 0 Å². The van der Waals surface area contributed by atoms with E-state index in [4.69, 9.17) is 9.47 Å². The van der Waals surface area contributed by atoms with Gasteiger partial charge in [-0.3, -0.25) is 0 Å². The number of hydrogen-bond donors (Lipinski definition) is 0. The highest BCUT2D eigenvalue weighted by atomic mass is 79.9. The van der Waals surface area contributed by atoms with Gasteiger partial charge in [-0.05, 0) is 48.2 Å². The largest absolute Gasteiger partial charge is 0.488 e. The van der Waals surface area contributed by atoms with Gasteiger partial charge in [0.25, 0.3) is 0 Å². The highest BCUT2D eigenvalue weighted by Gasteiger charge is 2.36. The lowest BCUT2D eigenvalue weighted by molar-refractivity contribution is 0.103. The monoisotopic (exact) mass is 492 g/mol. The molecule has 5 heteroatoms. The van der Waals surface area contributed by atoms with Crippen LogP contribution < -0.4 is 9.47 Å². The minimum Gasteiger partial charge on any atom is -0.488 e. The van der Waals surface area contributed by atoms with Crippen LogP contribution in [0.25, 0.3) is 0 Å². The molecule has 0 N–H and O–H groups in total. The SMILES string of the molecule is Brc1ccc(CC2(Cc3ccc(Br)cc3)COc3cscc3OC2)cc1. The fourth-order valence-electron chi connectivity index (χ4n) is 3.32. The molecule has 0 fully saturated rings. The second-order valence-electron chi connectivity index (χ2n) is 6.78. The van der Waals surface area contributed by atoms with Gasteiger partial charge < -0.3 is 9.47 Å². The number of ether oxygens (including phenoxy) is 2.